The van der Waals surface area contributed by atoms with Crippen molar-refractivity contribution in [2.24, 2.45) is 5.92 Å². The molecule has 0 saturated carbocycles. The monoisotopic (exact) mass is 234 g/mol. The van der Waals surface area contributed by atoms with Crippen molar-refractivity contribution in [3.05, 3.63) is 29.8 Å². The molecule has 1 aliphatic rings. The molecular weight excluding hydrogens is 216 g/mol. The largest absolute Gasteiger partial charge is 0.481 e. The molecule has 4 heteroatoms. The van der Waals surface area contributed by atoms with Crippen molar-refractivity contribution in [3.8, 4) is 0 Å². The topological polar surface area (TPSA) is 52.6 Å². The first-order chi connectivity index (χ1) is 8.09. The molecule has 2 atom stereocenters. The van der Waals surface area contributed by atoms with Gasteiger partial charge in [-0.1, -0.05) is 12.1 Å². The van der Waals surface area contributed by atoms with Gasteiger partial charge in [-0.2, -0.15) is 0 Å². The lowest BCUT2D eigenvalue weighted by Crippen LogP contribution is -2.21. The maximum absolute atomic E-state index is 11.1. The number of hydrogen-bond acceptors (Lipinski definition) is 3. The summed E-state index contributed by atoms with van der Waals surface area (Å²) in [7, 11) is 3.98. The Hall–Kier alpha value is -1.55. The van der Waals surface area contributed by atoms with Gasteiger partial charge in [0.25, 0.3) is 0 Å². The number of carboxylic acids is 1. The highest BCUT2D eigenvalue weighted by Gasteiger charge is 2.33. The van der Waals surface area contributed by atoms with Gasteiger partial charge in [0.2, 0.25) is 0 Å². The van der Waals surface area contributed by atoms with Crippen LogP contribution in [0.1, 0.15) is 11.5 Å². The summed E-state index contributed by atoms with van der Waals surface area (Å²) in [6, 6.07) is 8.13. The molecule has 0 spiro atoms. The number of nitrogens with zero attached hydrogens (tertiary/aromatic N) is 1. The van der Waals surface area contributed by atoms with Gasteiger partial charge in [0.15, 0.2) is 0 Å². The van der Waals surface area contributed by atoms with Crippen LogP contribution in [0.2, 0.25) is 0 Å². The molecule has 1 saturated heterocycles. The third kappa shape index (κ3) is 2.42. The fraction of sp³-hybridized carbons (Fsp3) is 0.462. The first-order valence-corrected chi connectivity index (χ1v) is 5.80. The molecule has 0 aromatic heterocycles. The fourth-order valence-corrected chi connectivity index (χ4v) is 2.31. The van der Waals surface area contributed by atoms with Crippen LogP contribution in [0.25, 0.3) is 0 Å². The fourth-order valence-electron chi connectivity index (χ4n) is 2.31. The molecule has 1 aliphatic heterocycles. The lowest BCUT2D eigenvalue weighted by Gasteiger charge is -2.17. The minimum absolute atomic E-state index is 0.0868. The molecule has 4 nitrogen and oxygen atoms in total. The number of rotatable bonds is 3. The predicted octanol–water partition coefficient (Wildman–Crippen LogP) is 1.14. The summed E-state index contributed by atoms with van der Waals surface area (Å²) in [4.78, 5) is 13.1. The van der Waals surface area contributed by atoms with Gasteiger partial charge in [0.05, 0.1) is 5.92 Å². The van der Waals surface area contributed by atoms with Crippen LogP contribution in [-0.2, 0) is 4.79 Å². The minimum Gasteiger partial charge on any atom is -0.481 e. The summed E-state index contributed by atoms with van der Waals surface area (Å²) >= 11 is 0. The van der Waals surface area contributed by atoms with Crippen LogP contribution >= 0.6 is 0 Å². The molecule has 1 aromatic carbocycles. The summed E-state index contributed by atoms with van der Waals surface area (Å²) in [6.45, 7) is 1.31. The molecule has 0 aliphatic carbocycles. The van der Waals surface area contributed by atoms with Crippen LogP contribution < -0.4 is 10.2 Å². The molecule has 2 unspecified atom stereocenters. The maximum Gasteiger partial charge on any atom is 0.308 e. The Labute approximate surface area is 101 Å². The third-order valence-corrected chi connectivity index (χ3v) is 3.37. The van der Waals surface area contributed by atoms with Crippen LogP contribution in [0.15, 0.2) is 24.3 Å². The Morgan fingerprint density at radius 1 is 1.29 bits per heavy atom. The third-order valence-electron chi connectivity index (χ3n) is 3.37. The van der Waals surface area contributed by atoms with Crippen LogP contribution in [0.4, 0.5) is 5.69 Å². The van der Waals surface area contributed by atoms with Gasteiger partial charge < -0.3 is 15.3 Å². The first-order valence-electron chi connectivity index (χ1n) is 5.80. The van der Waals surface area contributed by atoms with Crippen LogP contribution in [0, 0.1) is 5.92 Å². The average Bonchev–Trinajstić information content (AvgIpc) is 2.78. The van der Waals surface area contributed by atoms with Gasteiger partial charge in [-0.05, 0) is 17.7 Å². The zero-order chi connectivity index (χ0) is 12.4. The van der Waals surface area contributed by atoms with E-state index in [1.807, 2.05) is 43.3 Å². The van der Waals surface area contributed by atoms with Crippen LogP contribution in [0.3, 0.4) is 0 Å². The average molecular weight is 234 g/mol. The Morgan fingerprint density at radius 2 is 1.94 bits per heavy atom. The van der Waals surface area contributed by atoms with E-state index in [0.29, 0.717) is 6.54 Å². The van der Waals surface area contributed by atoms with E-state index in [1.165, 1.54) is 0 Å². The minimum atomic E-state index is -0.711. The number of carbonyl (C=O) groups is 1. The van der Waals surface area contributed by atoms with Gasteiger partial charge in [-0.3, -0.25) is 4.79 Å². The molecule has 17 heavy (non-hydrogen) atoms. The molecule has 1 aromatic rings. The standard InChI is InChI=1S/C13H18N2O2/c1-15(2)10-5-3-9(4-6-10)11-7-14-8-12(11)13(16)17/h3-6,11-12,14H,7-8H2,1-2H3,(H,16,17). The van der Waals surface area contributed by atoms with E-state index >= 15 is 0 Å². The predicted molar refractivity (Wildman–Crippen MR) is 67.5 cm³/mol. The van der Waals surface area contributed by atoms with E-state index in [9.17, 15) is 4.79 Å². The highest BCUT2D eigenvalue weighted by molar-refractivity contribution is 5.72. The summed E-state index contributed by atoms with van der Waals surface area (Å²) < 4.78 is 0. The van der Waals surface area contributed by atoms with Crippen molar-refractivity contribution in [2.45, 2.75) is 5.92 Å². The van der Waals surface area contributed by atoms with E-state index in [0.717, 1.165) is 17.8 Å². The van der Waals surface area contributed by atoms with E-state index < -0.39 is 5.97 Å². The van der Waals surface area contributed by atoms with Gasteiger partial charge in [0.1, 0.15) is 0 Å². The highest BCUT2D eigenvalue weighted by Crippen LogP contribution is 2.29. The summed E-state index contributed by atoms with van der Waals surface area (Å²) in [6.07, 6.45) is 0. The molecule has 0 radical (unpaired) electrons. The molecule has 0 amide bonds. The second-order valence-electron chi connectivity index (χ2n) is 4.70. The quantitative estimate of drug-likeness (QED) is 0.823. The Morgan fingerprint density at radius 3 is 2.47 bits per heavy atom. The number of nitrogens with one attached hydrogen (secondary N) is 1. The Balaban J connectivity index is 2.19. The van der Waals surface area contributed by atoms with E-state index in [2.05, 4.69) is 5.32 Å². The molecule has 1 fully saturated rings. The first kappa shape index (κ1) is 11.9. The lowest BCUT2D eigenvalue weighted by atomic mass is 9.89. The zero-order valence-electron chi connectivity index (χ0n) is 10.2. The number of benzene rings is 1. The van der Waals surface area contributed by atoms with Crippen molar-refractivity contribution in [1.82, 2.24) is 5.32 Å². The van der Waals surface area contributed by atoms with Crippen molar-refractivity contribution >= 4 is 11.7 Å². The number of anilines is 1. The normalized spacial score (nSPS) is 23.6. The van der Waals surface area contributed by atoms with Crippen molar-refractivity contribution in [2.75, 3.05) is 32.1 Å². The van der Waals surface area contributed by atoms with Gasteiger partial charge in [-0.15, -0.1) is 0 Å². The molecule has 2 rings (SSSR count). The summed E-state index contributed by atoms with van der Waals surface area (Å²) in [5.41, 5.74) is 2.24. The van der Waals surface area contributed by atoms with Gasteiger partial charge in [0, 0.05) is 38.8 Å². The van der Waals surface area contributed by atoms with Gasteiger partial charge >= 0.3 is 5.97 Å². The van der Waals surface area contributed by atoms with Crippen LogP contribution in [0.5, 0.6) is 0 Å². The highest BCUT2D eigenvalue weighted by atomic mass is 16.4. The summed E-state index contributed by atoms with van der Waals surface area (Å²) in [5, 5.41) is 12.3. The van der Waals surface area contributed by atoms with E-state index in [-0.39, 0.29) is 11.8 Å². The SMILES string of the molecule is CN(C)c1ccc(C2CNCC2C(=O)O)cc1. The van der Waals surface area contributed by atoms with E-state index in [4.69, 9.17) is 5.11 Å². The molecule has 2 N–H and O–H groups in total. The second-order valence-corrected chi connectivity index (χ2v) is 4.70. The Bertz CT molecular complexity index is 400. The van der Waals surface area contributed by atoms with E-state index in [1.54, 1.807) is 0 Å². The second kappa shape index (κ2) is 4.75. The smallest absolute Gasteiger partial charge is 0.308 e. The zero-order valence-corrected chi connectivity index (χ0v) is 10.2. The van der Waals surface area contributed by atoms with Gasteiger partial charge in [-0.25, -0.2) is 0 Å². The molecule has 1 heterocycles. The molecule has 92 valence electrons. The van der Waals surface area contributed by atoms with Crippen molar-refractivity contribution in [3.63, 3.8) is 0 Å². The number of carboxylic acid groups (broad SMARTS) is 1. The Kier molecular flexibility index (Phi) is 3.33. The maximum atomic E-state index is 11.1. The molecular formula is C13H18N2O2. The van der Waals surface area contributed by atoms with Crippen molar-refractivity contribution in [1.29, 1.82) is 0 Å². The number of aliphatic carboxylic acids is 1. The van der Waals surface area contributed by atoms with Crippen molar-refractivity contribution < 1.29 is 9.90 Å². The number of hydrogen-bond donors (Lipinski definition) is 2. The van der Waals surface area contributed by atoms with Crippen LogP contribution in [-0.4, -0.2) is 38.3 Å². The lowest BCUT2D eigenvalue weighted by molar-refractivity contribution is -0.141. The molecule has 0 bridgehead atoms. The summed E-state index contributed by atoms with van der Waals surface area (Å²) in [5.74, 6) is -0.930.